The molecule has 1 aliphatic carbocycles. The molecule has 0 fully saturated rings. The fraction of sp³-hybridized carbons (Fsp3) is 0.214. The Kier molecular flexibility index (Phi) is 3.92. The molecule has 0 unspecified atom stereocenters. The molecular formula is C14H16OTi. The molecule has 0 saturated heterocycles. The van der Waals surface area contributed by atoms with E-state index in [4.69, 9.17) is 3.32 Å². The van der Waals surface area contributed by atoms with E-state index in [1.54, 1.807) is 0 Å². The third kappa shape index (κ3) is 2.81. The fourth-order valence-electron chi connectivity index (χ4n) is 1.71. The van der Waals surface area contributed by atoms with Crippen molar-refractivity contribution < 1.29 is 21.1 Å². The molecule has 1 aliphatic rings. The molecule has 1 nitrogen and oxygen atoms in total. The van der Waals surface area contributed by atoms with Gasteiger partial charge in [-0.2, -0.15) is 0 Å². The van der Waals surface area contributed by atoms with Gasteiger partial charge >= 0.3 is 103 Å². The zero-order chi connectivity index (χ0) is 11.4. The Morgan fingerprint density at radius 2 is 1.94 bits per heavy atom. The molecule has 0 heterocycles. The van der Waals surface area contributed by atoms with Crippen molar-refractivity contribution >= 4 is 3.81 Å². The summed E-state index contributed by atoms with van der Waals surface area (Å²) < 4.78 is 9.14. The predicted molar refractivity (Wildman–Crippen MR) is 65.3 cm³/mol. The molecule has 0 spiro atoms. The van der Waals surface area contributed by atoms with Crippen LogP contribution in [0.25, 0.3) is 0 Å². The zero-order valence-electron chi connectivity index (χ0n) is 9.73. The van der Waals surface area contributed by atoms with E-state index in [1.165, 1.54) is 7.69 Å². The van der Waals surface area contributed by atoms with Crippen LogP contribution in [0.15, 0.2) is 52.4 Å². The van der Waals surface area contributed by atoms with Crippen LogP contribution in [0.3, 0.4) is 0 Å². The topological polar surface area (TPSA) is 9.23 Å². The van der Waals surface area contributed by atoms with Crippen LogP contribution < -0.4 is 3.32 Å². The quantitative estimate of drug-likeness (QED) is 0.742. The molecule has 1 aromatic carbocycles. The summed E-state index contributed by atoms with van der Waals surface area (Å²) in [4.78, 5) is 0. The average Bonchev–Trinajstić information content (AvgIpc) is 2.80. The van der Waals surface area contributed by atoms with Crippen molar-refractivity contribution in [2.75, 3.05) is 0 Å². The van der Waals surface area contributed by atoms with Crippen molar-refractivity contribution in [1.82, 2.24) is 0 Å². The second-order valence-corrected chi connectivity index (χ2v) is 7.98. The molecule has 0 bridgehead atoms. The molecule has 2 rings (SSSR count). The number of allylic oxidation sites excluding steroid dienone is 4. The van der Waals surface area contributed by atoms with E-state index >= 15 is 0 Å². The molecule has 1 aromatic rings. The van der Waals surface area contributed by atoms with Gasteiger partial charge in [0.25, 0.3) is 0 Å². The van der Waals surface area contributed by atoms with Crippen LogP contribution in [0.5, 0.6) is 5.75 Å². The van der Waals surface area contributed by atoms with E-state index in [2.05, 4.69) is 32.1 Å². The van der Waals surface area contributed by atoms with Crippen molar-refractivity contribution in [2.24, 2.45) is 0 Å². The van der Waals surface area contributed by atoms with E-state index in [0.29, 0.717) is 0 Å². The second-order valence-electron chi connectivity index (χ2n) is 4.07. The predicted octanol–water partition coefficient (Wildman–Crippen LogP) is 3.65. The van der Waals surface area contributed by atoms with Crippen molar-refractivity contribution in [2.45, 2.75) is 20.3 Å². The normalized spacial score (nSPS) is 13.5. The Labute approximate surface area is 103 Å². The molecule has 0 amide bonds. The molecular weight excluding hydrogens is 232 g/mol. The van der Waals surface area contributed by atoms with E-state index in [9.17, 15) is 0 Å². The van der Waals surface area contributed by atoms with Gasteiger partial charge in [0.05, 0.1) is 0 Å². The van der Waals surface area contributed by atoms with Gasteiger partial charge in [-0.1, -0.05) is 0 Å². The van der Waals surface area contributed by atoms with Gasteiger partial charge in [0.15, 0.2) is 0 Å². The zero-order valence-corrected chi connectivity index (χ0v) is 11.3. The van der Waals surface area contributed by atoms with Crippen molar-refractivity contribution in [3.05, 3.63) is 52.4 Å². The Balaban J connectivity index is 2.20. The third-order valence-corrected chi connectivity index (χ3v) is 6.08. The number of benzene rings is 1. The number of hydrogen-bond donors (Lipinski definition) is 0. The summed E-state index contributed by atoms with van der Waals surface area (Å²) in [5.74, 6) is 1.01. The summed E-state index contributed by atoms with van der Waals surface area (Å²) in [6.45, 7) is 4.38. The van der Waals surface area contributed by atoms with E-state index < -0.39 is 17.8 Å². The Morgan fingerprint density at radius 1 is 1.19 bits per heavy atom. The summed E-state index contributed by atoms with van der Waals surface area (Å²) in [7, 11) is 0. The van der Waals surface area contributed by atoms with Crippen molar-refractivity contribution in [3.63, 3.8) is 0 Å². The van der Waals surface area contributed by atoms with Crippen LogP contribution in [-0.2, 0) is 17.8 Å². The van der Waals surface area contributed by atoms with Crippen LogP contribution >= 0.6 is 0 Å². The van der Waals surface area contributed by atoms with E-state index in [-0.39, 0.29) is 0 Å². The standard InChI is InChI=1S/C6H6O.C5H5.C3H6.Ti/c7-6-4-2-1-3-5-6;1-2-4-5-3-1;1-3-2;/h1-5,7H;1-3H,4H2;1-2H3;/q;;;+1/p-1. The van der Waals surface area contributed by atoms with Crippen LogP contribution in [0, 0.1) is 0 Å². The van der Waals surface area contributed by atoms with Crippen LogP contribution in [0.2, 0.25) is 0 Å². The fourth-order valence-corrected chi connectivity index (χ4v) is 4.68. The van der Waals surface area contributed by atoms with Crippen LogP contribution in [-0.4, -0.2) is 3.81 Å². The third-order valence-electron chi connectivity index (χ3n) is 2.48. The molecule has 2 heteroatoms. The Morgan fingerprint density at radius 3 is 2.50 bits per heavy atom. The van der Waals surface area contributed by atoms with Gasteiger partial charge in [0, 0.05) is 0 Å². The summed E-state index contributed by atoms with van der Waals surface area (Å²) >= 11 is -1.67. The maximum absolute atomic E-state index is 6.18. The van der Waals surface area contributed by atoms with Crippen LogP contribution in [0.1, 0.15) is 20.3 Å². The number of hydrogen-bond acceptors (Lipinski definition) is 1. The summed E-state index contributed by atoms with van der Waals surface area (Å²) in [6.07, 6.45) is 7.65. The number of para-hydroxylation sites is 1. The Hall–Kier alpha value is -0.916. The maximum atomic E-state index is 6.18. The molecule has 16 heavy (non-hydrogen) atoms. The molecule has 0 atom stereocenters. The van der Waals surface area contributed by atoms with Gasteiger partial charge in [0.1, 0.15) is 0 Å². The molecule has 0 radical (unpaired) electrons. The first-order chi connectivity index (χ1) is 7.77. The van der Waals surface area contributed by atoms with Gasteiger partial charge in [-0.05, 0) is 0 Å². The molecule has 0 saturated carbocycles. The average molecular weight is 248 g/mol. The van der Waals surface area contributed by atoms with Crippen LogP contribution in [0.4, 0.5) is 0 Å². The molecule has 82 valence electrons. The minimum absolute atomic E-state index is 1.01. The van der Waals surface area contributed by atoms with Gasteiger partial charge in [-0.3, -0.25) is 0 Å². The Bertz CT molecular complexity index is 451. The minimum atomic E-state index is -1.67. The SMILES string of the molecule is C[C](C)=[Ti]([O]c1ccccc1)[C]1=CC=CC1. The first kappa shape index (κ1) is 11.6. The van der Waals surface area contributed by atoms with Gasteiger partial charge in [-0.15, -0.1) is 0 Å². The molecule has 0 aliphatic heterocycles. The first-order valence-electron chi connectivity index (χ1n) is 5.54. The summed E-state index contributed by atoms with van der Waals surface area (Å²) in [5, 5.41) is 0. The molecule has 0 aromatic heterocycles. The second kappa shape index (κ2) is 5.42. The van der Waals surface area contributed by atoms with Gasteiger partial charge in [-0.25, -0.2) is 0 Å². The summed E-state index contributed by atoms with van der Waals surface area (Å²) in [5.41, 5.74) is 0. The summed E-state index contributed by atoms with van der Waals surface area (Å²) in [6, 6.07) is 10.2. The van der Waals surface area contributed by atoms with E-state index in [1.807, 2.05) is 30.3 Å². The first-order valence-corrected chi connectivity index (χ1v) is 7.74. The van der Waals surface area contributed by atoms with Gasteiger partial charge < -0.3 is 0 Å². The van der Waals surface area contributed by atoms with Crippen molar-refractivity contribution in [3.8, 4) is 5.75 Å². The van der Waals surface area contributed by atoms with E-state index in [0.717, 1.165) is 12.2 Å². The monoisotopic (exact) mass is 248 g/mol. The van der Waals surface area contributed by atoms with Gasteiger partial charge in [0.2, 0.25) is 0 Å². The number of rotatable bonds is 3. The molecule has 0 N–H and O–H groups in total. The van der Waals surface area contributed by atoms with Crippen molar-refractivity contribution in [1.29, 1.82) is 0 Å².